The highest BCUT2D eigenvalue weighted by atomic mass is 16.4. The molecule has 0 radical (unpaired) electrons. The van der Waals surface area contributed by atoms with Gasteiger partial charge in [0, 0.05) is 13.0 Å². The topological polar surface area (TPSA) is 230 Å². The van der Waals surface area contributed by atoms with E-state index in [4.69, 9.17) is 40.9 Å². The molecule has 0 aromatic heterocycles. The molecule has 27 heavy (non-hydrogen) atoms. The normalized spacial score (nSPS) is 12.3. The van der Waals surface area contributed by atoms with E-state index in [2.05, 4.69) is 0 Å². The average Bonchev–Trinajstić information content (AvgIpc) is 2.52. The van der Waals surface area contributed by atoms with E-state index in [1.54, 1.807) is 6.92 Å². The van der Waals surface area contributed by atoms with Crippen LogP contribution in [-0.4, -0.2) is 89.6 Å². The molecule has 0 aromatic rings. The van der Waals surface area contributed by atoms with Crippen molar-refractivity contribution >= 4 is 23.9 Å². The van der Waals surface area contributed by atoms with E-state index in [1.165, 1.54) is 13.8 Å². The van der Waals surface area contributed by atoms with Gasteiger partial charge in [0.05, 0.1) is 12.5 Å². The van der Waals surface area contributed by atoms with Crippen LogP contribution >= 0.6 is 0 Å². The Hall–Kier alpha value is -2.28. The SMILES string of the molecule is CC(O)C(=O)O.CC(O)CC(=O)O.CCC(O)C(=O)O.O=C(O)CCCO. The number of carbonyl (C=O) groups is 4. The summed E-state index contributed by atoms with van der Waals surface area (Å²) >= 11 is 0. The van der Waals surface area contributed by atoms with Crippen LogP contribution in [0.3, 0.4) is 0 Å². The fourth-order valence-electron chi connectivity index (χ4n) is 0.658. The molecule has 3 unspecified atom stereocenters. The van der Waals surface area contributed by atoms with Crippen molar-refractivity contribution in [3.05, 3.63) is 0 Å². The molecule has 162 valence electrons. The van der Waals surface area contributed by atoms with Crippen molar-refractivity contribution in [1.29, 1.82) is 0 Å². The lowest BCUT2D eigenvalue weighted by Gasteiger charge is -1.95. The molecule has 0 rings (SSSR count). The first-order valence-electron chi connectivity index (χ1n) is 7.76. The van der Waals surface area contributed by atoms with Gasteiger partial charge in [-0.3, -0.25) is 9.59 Å². The zero-order valence-corrected chi connectivity index (χ0v) is 15.5. The van der Waals surface area contributed by atoms with Crippen molar-refractivity contribution in [1.82, 2.24) is 0 Å². The van der Waals surface area contributed by atoms with Gasteiger partial charge in [0.1, 0.15) is 6.10 Å². The van der Waals surface area contributed by atoms with Crippen LogP contribution in [0.5, 0.6) is 0 Å². The number of aliphatic carboxylic acids is 4. The van der Waals surface area contributed by atoms with Crippen molar-refractivity contribution in [2.45, 2.75) is 64.8 Å². The molecule has 0 spiro atoms. The standard InChI is InChI=1S/3C4H8O3.C3H6O3/c1-3(5)2-4(6)7;1-2-3(5)4(6)7;5-3-1-2-4(6)7;1-2(4)3(5)6/h2*3,5H,2H2,1H3,(H,6,7);5H,1-3H2,(H,6,7);2,4H,1H3,(H,5,6). The van der Waals surface area contributed by atoms with E-state index in [0.29, 0.717) is 6.42 Å². The molecular formula is C15H30O12. The molecule has 0 aliphatic carbocycles. The molecular weight excluding hydrogens is 372 g/mol. The first kappa shape index (κ1) is 32.4. The second kappa shape index (κ2) is 21.8. The Labute approximate surface area is 156 Å². The Kier molecular flexibility index (Phi) is 26.1. The van der Waals surface area contributed by atoms with Gasteiger partial charge in [0.25, 0.3) is 0 Å². The number of hydrogen-bond donors (Lipinski definition) is 8. The number of aliphatic hydroxyl groups is 4. The van der Waals surface area contributed by atoms with Gasteiger partial charge >= 0.3 is 23.9 Å². The number of carboxylic acid groups (broad SMARTS) is 4. The van der Waals surface area contributed by atoms with Crippen molar-refractivity contribution in [3.8, 4) is 0 Å². The van der Waals surface area contributed by atoms with Gasteiger partial charge < -0.3 is 40.9 Å². The molecule has 0 saturated carbocycles. The molecule has 0 amide bonds. The molecule has 0 aliphatic heterocycles. The minimum Gasteiger partial charge on any atom is -0.481 e. The van der Waals surface area contributed by atoms with Crippen LogP contribution in [0.2, 0.25) is 0 Å². The highest BCUT2D eigenvalue weighted by molar-refractivity contribution is 5.71. The molecule has 0 bridgehead atoms. The van der Waals surface area contributed by atoms with E-state index in [9.17, 15) is 19.2 Å². The van der Waals surface area contributed by atoms with Gasteiger partial charge in [-0.1, -0.05) is 6.92 Å². The van der Waals surface area contributed by atoms with Gasteiger partial charge in [-0.05, 0) is 26.7 Å². The molecule has 0 fully saturated rings. The predicted octanol–water partition coefficient (Wildman–Crippen LogP) is -1.02. The number of rotatable bonds is 8. The lowest BCUT2D eigenvalue weighted by Crippen LogP contribution is -2.17. The third-order valence-corrected chi connectivity index (χ3v) is 2.05. The van der Waals surface area contributed by atoms with Crippen molar-refractivity contribution in [2.24, 2.45) is 0 Å². The van der Waals surface area contributed by atoms with Crippen LogP contribution in [0, 0.1) is 0 Å². The van der Waals surface area contributed by atoms with Gasteiger partial charge in [-0.2, -0.15) is 0 Å². The molecule has 0 heterocycles. The summed E-state index contributed by atoms with van der Waals surface area (Å²) in [4.78, 5) is 38.4. The third kappa shape index (κ3) is 45.3. The maximum absolute atomic E-state index is 9.68. The van der Waals surface area contributed by atoms with Gasteiger partial charge in [-0.25, -0.2) is 9.59 Å². The smallest absolute Gasteiger partial charge is 0.332 e. The van der Waals surface area contributed by atoms with Crippen molar-refractivity contribution < 1.29 is 60.0 Å². The Morgan fingerprint density at radius 3 is 1.26 bits per heavy atom. The lowest BCUT2D eigenvalue weighted by atomic mass is 10.3. The predicted molar refractivity (Wildman–Crippen MR) is 91.1 cm³/mol. The van der Waals surface area contributed by atoms with Crippen LogP contribution in [-0.2, 0) is 19.2 Å². The summed E-state index contributed by atoms with van der Waals surface area (Å²) in [5.74, 6) is -4.15. The summed E-state index contributed by atoms with van der Waals surface area (Å²) in [6, 6.07) is 0. The van der Waals surface area contributed by atoms with E-state index in [-0.39, 0.29) is 25.9 Å². The molecule has 0 aliphatic rings. The second-order valence-corrected chi connectivity index (χ2v) is 4.94. The lowest BCUT2D eigenvalue weighted by molar-refractivity contribution is -0.147. The van der Waals surface area contributed by atoms with E-state index in [1.807, 2.05) is 0 Å². The summed E-state index contributed by atoms with van der Waals surface area (Å²) in [6.45, 7) is 4.21. The molecule has 12 heteroatoms. The summed E-state index contributed by atoms with van der Waals surface area (Å²) in [5, 5.41) is 64.3. The second-order valence-electron chi connectivity index (χ2n) is 4.94. The van der Waals surface area contributed by atoms with E-state index >= 15 is 0 Å². The minimum absolute atomic E-state index is 0.0354. The minimum atomic E-state index is -1.23. The fraction of sp³-hybridized carbons (Fsp3) is 0.733. The average molecular weight is 402 g/mol. The van der Waals surface area contributed by atoms with Crippen LogP contribution < -0.4 is 0 Å². The highest BCUT2D eigenvalue weighted by Crippen LogP contribution is 1.86. The first-order chi connectivity index (χ1) is 12.2. The highest BCUT2D eigenvalue weighted by Gasteiger charge is 2.07. The zero-order valence-electron chi connectivity index (χ0n) is 15.5. The van der Waals surface area contributed by atoms with E-state index in [0.717, 1.165) is 0 Å². The van der Waals surface area contributed by atoms with Crippen LogP contribution in [0.25, 0.3) is 0 Å². The van der Waals surface area contributed by atoms with Gasteiger partial charge in [0.2, 0.25) is 0 Å². The maximum atomic E-state index is 9.68. The van der Waals surface area contributed by atoms with E-state index < -0.39 is 42.2 Å². The Morgan fingerprint density at radius 2 is 1.22 bits per heavy atom. The Balaban J connectivity index is -0.000000131. The summed E-state index contributed by atoms with van der Waals surface area (Å²) in [5.41, 5.74) is 0. The van der Waals surface area contributed by atoms with Gasteiger partial charge in [0.15, 0.2) is 6.10 Å². The molecule has 3 atom stereocenters. The molecule has 0 aromatic carbocycles. The van der Waals surface area contributed by atoms with Gasteiger partial charge in [-0.15, -0.1) is 0 Å². The Bertz CT molecular complexity index is 406. The number of hydrogen-bond acceptors (Lipinski definition) is 8. The van der Waals surface area contributed by atoms with Crippen molar-refractivity contribution in [2.75, 3.05) is 6.61 Å². The quantitative estimate of drug-likeness (QED) is 0.244. The third-order valence-electron chi connectivity index (χ3n) is 2.05. The monoisotopic (exact) mass is 402 g/mol. The maximum Gasteiger partial charge on any atom is 0.332 e. The molecule has 12 nitrogen and oxygen atoms in total. The van der Waals surface area contributed by atoms with Crippen LogP contribution in [0.15, 0.2) is 0 Å². The summed E-state index contributed by atoms with van der Waals surface area (Å²) < 4.78 is 0. The van der Waals surface area contributed by atoms with Crippen LogP contribution in [0.4, 0.5) is 0 Å². The zero-order chi connectivity index (χ0) is 22.6. The summed E-state index contributed by atoms with van der Waals surface area (Å²) in [7, 11) is 0. The summed E-state index contributed by atoms with van der Waals surface area (Å²) in [6.07, 6.45) is -2.61. The van der Waals surface area contributed by atoms with Crippen LogP contribution in [0.1, 0.15) is 46.5 Å². The fourth-order valence-corrected chi connectivity index (χ4v) is 0.658. The van der Waals surface area contributed by atoms with Crippen molar-refractivity contribution in [3.63, 3.8) is 0 Å². The molecule has 0 saturated heterocycles. The first-order valence-corrected chi connectivity index (χ1v) is 7.76. The molecule has 8 N–H and O–H groups in total. The number of carboxylic acids is 4. The largest absolute Gasteiger partial charge is 0.481 e. The Morgan fingerprint density at radius 1 is 0.815 bits per heavy atom. The number of aliphatic hydroxyl groups excluding tert-OH is 4.